The third-order valence-corrected chi connectivity index (χ3v) is 3.84. The number of carbonyl (C=O) groups is 1. The Bertz CT molecular complexity index is 372. The number of aliphatic hydroxyl groups is 1. The molecule has 0 radical (unpaired) electrons. The first-order valence-corrected chi connectivity index (χ1v) is 7.25. The monoisotopic (exact) mass is 267 g/mol. The second-order valence-electron chi connectivity index (χ2n) is 4.10. The molecule has 1 aromatic carbocycles. The normalized spacial score (nSPS) is 12.2. The van der Waals surface area contributed by atoms with E-state index in [1.165, 1.54) is 11.8 Å². The van der Waals surface area contributed by atoms with Gasteiger partial charge in [-0.2, -0.15) is 0 Å². The van der Waals surface area contributed by atoms with Crippen molar-refractivity contribution in [1.82, 2.24) is 4.90 Å². The Hall–Kier alpha value is -1.00. The molecular formula is C14H21NO2S. The van der Waals surface area contributed by atoms with E-state index in [-0.39, 0.29) is 5.91 Å². The summed E-state index contributed by atoms with van der Waals surface area (Å²) in [5.74, 6) is 0.639. The van der Waals surface area contributed by atoms with Gasteiger partial charge >= 0.3 is 0 Å². The van der Waals surface area contributed by atoms with Crippen molar-refractivity contribution < 1.29 is 9.90 Å². The number of carbonyl (C=O) groups excluding carboxylic acids is 1. The minimum atomic E-state index is -0.443. The van der Waals surface area contributed by atoms with Crippen molar-refractivity contribution in [2.24, 2.45) is 0 Å². The summed E-state index contributed by atoms with van der Waals surface area (Å²) in [6, 6.07) is 7.69. The van der Waals surface area contributed by atoms with Gasteiger partial charge in [0.05, 0.1) is 11.9 Å². The molecule has 0 aromatic heterocycles. The van der Waals surface area contributed by atoms with E-state index in [2.05, 4.69) is 0 Å². The number of aliphatic hydroxyl groups excluding tert-OH is 1. The molecule has 1 rings (SSSR count). The highest BCUT2D eigenvalue weighted by Gasteiger charge is 2.09. The Morgan fingerprint density at radius 3 is 2.28 bits per heavy atom. The van der Waals surface area contributed by atoms with Crippen molar-refractivity contribution in [3.8, 4) is 0 Å². The van der Waals surface area contributed by atoms with Gasteiger partial charge in [-0.1, -0.05) is 12.1 Å². The van der Waals surface area contributed by atoms with E-state index in [0.717, 1.165) is 23.5 Å². The van der Waals surface area contributed by atoms with Crippen LogP contribution in [-0.4, -0.2) is 34.8 Å². The maximum atomic E-state index is 11.8. The second-order valence-corrected chi connectivity index (χ2v) is 5.15. The van der Waals surface area contributed by atoms with Gasteiger partial charge < -0.3 is 10.0 Å². The Balaban J connectivity index is 2.51. The van der Waals surface area contributed by atoms with Gasteiger partial charge in [-0.25, -0.2) is 0 Å². The average Bonchev–Trinajstić information content (AvgIpc) is 2.38. The minimum absolute atomic E-state index is 0.171. The van der Waals surface area contributed by atoms with E-state index >= 15 is 0 Å². The minimum Gasteiger partial charge on any atom is -0.389 e. The molecule has 18 heavy (non-hydrogen) atoms. The molecule has 0 saturated heterocycles. The fourth-order valence-electron chi connectivity index (χ4n) is 1.66. The van der Waals surface area contributed by atoms with Crippen LogP contribution < -0.4 is 0 Å². The number of rotatable bonds is 6. The average molecular weight is 267 g/mol. The quantitative estimate of drug-likeness (QED) is 0.806. The molecule has 1 N–H and O–H groups in total. The van der Waals surface area contributed by atoms with Crippen LogP contribution in [0.2, 0.25) is 0 Å². The van der Waals surface area contributed by atoms with Crippen LogP contribution in [0.4, 0.5) is 0 Å². The summed E-state index contributed by atoms with van der Waals surface area (Å²) in [7, 11) is 0. The molecule has 0 aliphatic rings. The van der Waals surface area contributed by atoms with Crippen molar-refractivity contribution >= 4 is 17.7 Å². The van der Waals surface area contributed by atoms with Crippen LogP contribution in [-0.2, 0) is 4.79 Å². The highest BCUT2D eigenvalue weighted by molar-refractivity contribution is 8.00. The maximum Gasteiger partial charge on any atom is 0.232 e. The molecule has 0 aliphatic carbocycles. The summed E-state index contributed by atoms with van der Waals surface area (Å²) < 4.78 is 0. The number of hydrogen-bond donors (Lipinski definition) is 1. The third kappa shape index (κ3) is 4.35. The van der Waals surface area contributed by atoms with Crippen molar-refractivity contribution in [2.45, 2.75) is 31.8 Å². The maximum absolute atomic E-state index is 11.8. The van der Waals surface area contributed by atoms with Gasteiger partial charge in [0.1, 0.15) is 0 Å². The van der Waals surface area contributed by atoms with E-state index < -0.39 is 6.10 Å². The van der Waals surface area contributed by atoms with Gasteiger partial charge in [0.15, 0.2) is 0 Å². The summed E-state index contributed by atoms with van der Waals surface area (Å²) in [6.07, 6.45) is -0.443. The first kappa shape index (κ1) is 15.1. The van der Waals surface area contributed by atoms with Crippen LogP contribution >= 0.6 is 11.8 Å². The topological polar surface area (TPSA) is 40.5 Å². The van der Waals surface area contributed by atoms with Gasteiger partial charge in [0.2, 0.25) is 5.91 Å². The zero-order valence-electron chi connectivity index (χ0n) is 11.2. The predicted molar refractivity (Wildman–Crippen MR) is 75.7 cm³/mol. The Morgan fingerprint density at radius 2 is 1.83 bits per heavy atom. The summed E-state index contributed by atoms with van der Waals surface area (Å²) in [5.41, 5.74) is 0.898. The van der Waals surface area contributed by atoms with Crippen LogP contribution in [0.3, 0.4) is 0 Å². The van der Waals surface area contributed by atoms with Gasteiger partial charge in [0, 0.05) is 18.0 Å². The van der Waals surface area contributed by atoms with Crippen LogP contribution in [0.15, 0.2) is 29.2 Å². The highest BCUT2D eigenvalue weighted by atomic mass is 32.2. The molecule has 4 heteroatoms. The molecule has 1 aromatic rings. The zero-order chi connectivity index (χ0) is 13.5. The molecule has 1 amide bonds. The van der Waals surface area contributed by atoms with Crippen molar-refractivity contribution in [3.63, 3.8) is 0 Å². The molecule has 0 aliphatic heterocycles. The SMILES string of the molecule is CCN(CC)C(=O)CSc1ccc(C(C)O)cc1. The second kappa shape index (κ2) is 7.44. The van der Waals surface area contributed by atoms with E-state index in [0.29, 0.717) is 5.75 Å². The molecule has 100 valence electrons. The molecular weight excluding hydrogens is 246 g/mol. The molecule has 0 spiro atoms. The van der Waals surface area contributed by atoms with Gasteiger partial charge in [-0.3, -0.25) is 4.79 Å². The number of benzene rings is 1. The number of thioether (sulfide) groups is 1. The zero-order valence-corrected chi connectivity index (χ0v) is 12.0. The van der Waals surface area contributed by atoms with Gasteiger partial charge in [0.25, 0.3) is 0 Å². The standard InChI is InChI=1S/C14H21NO2S/c1-4-15(5-2)14(17)10-18-13-8-6-12(7-9-13)11(3)16/h6-9,11,16H,4-5,10H2,1-3H3. The first-order chi connectivity index (χ1) is 8.58. The van der Waals surface area contributed by atoms with Crippen molar-refractivity contribution in [3.05, 3.63) is 29.8 Å². The molecule has 0 heterocycles. The van der Waals surface area contributed by atoms with E-state index in [9.17, 15) is 9.90 Å². The number of amides is 1. The summed E-state index contributed by atoms with van der Waals surface area (Å²) in [6.45, 7) is 7.24. The Morgan fingerprint density at radius 1 is 1.28 bits per heavy atom. The number of hydrogen-bond acceptors (Lipinski definition) is 3. The molecule has 0 bridgehead atoms. The molecule has 3 nitrogen and oxygen atoms in total. The van der Waals surface area contributed by atoms with Crippen LogP contribution in [0.25, 0.3) is 0 Å². The van der Waals surface area contributed by atoms with E-state index in [1.807, 2.05) is 43.0 Å². The van der Waals surface area contributed by atoms with Crippen LogP contribution in [0.5, 0.6) is 0 Å². The Kier molecular flexibility index (Phi) is 6.22. The van der Waals surface area contributed by atoms with Crippen LogP contribution in [0, 0.1) is 0 Å². The predicted octanol–water partition coefficient (Wildman–Crippen LogP) is 2.70. The fraction of sp³-hybridized carbons (Fsp3) is 0.500. The van der Waals surface area contributed by atoms with Crippen molar-refractivity contribution in [2.75, 3.05) is 18.8 Å². The largest absolute Gasteiger partial charge is 0.389 e. The Labute approximate surface area is 113 Å². The van der Waals surface area contributed by atoms with Gasteiger partial charge in [-0.15, -0.1) is 11.8 Å². The lowest BCUT2D eigenvalue weighted by Crippen LogP contribution is -2.31. The van der Waals surface area contributed by atoms with E-state index in [4.69, 9.17) is 0 Å². The summed E-state index contributed by atoms with van der Waals surface area (Å²) >= 11 is 1.54. The fourth-order valence-corrected chi connectivity index (χ4v) is 2.46. The molecule has 1 unspecified atom stereocenters. The first-order valence-electron chi connectivity index (χ1n) is 6.27. The highest BCUT2D eigenvalue weighted by Crippen LogP contribution is 2.21. The molecule has 0 saturated carbocycles. The molecule has 0 fully saturated rings. The number of nitrogens with zero attached hydrogens (tertiary/aromatic N) is 1. The summed E-state index contributed by atoms with van der Waals surface area (Å²) in [4.78, 5) is 14.7. The lowest BCUT2D eigenvalue weighted by Gasteiger charge is -2.18. The lowest BCUT2D eigenvalue weighted by molar-refractivity contribution is -0.127. The molecule has 1 atom stereocenters. The third-order valence-electron chi connectivity index (χ3n) is 2.84. The van der Waals surface area contributed by atoms with E-state index in [1.54, 1.807) is 6.92 Å². The van der Waals surface area contributed by atoms with Crippen molar-refractivity contribution in [1.29, 1.82) is 0 Å². The van der Waals surface area contributed by atoms with Crippen LogP contribution in [0.1, 0.15) is 32.4 Å². The summed E-state index contributed by atoms with van der Waals surface area (Å²) in [5, 5.41) is 9.40. The smallest absolute Gasteiger partial charge is 0.232 e. The lowest BCUT2D eigenvalue weighted by atomic mass is 10.1. The van der Waals surface area contributed by atoms with Gasteiger partial charge in [-0.05, 0) is 38.5 Å².